The Bertz CT molecular complexity index is 330. The number of ether oxygens (including phenoxy) is 1. The Labute approximate surface area is 142 Å². The third kappa shape index (κ3) is 11.9. The molecule has 142 valence electrons. The van der Waals surface area contributed by atoms with Crippen LogP contribution in [0.4, 0.5) is 0 Å². The standard InChI is InChI=1S/C12H24O4.C4H6O4/c1-3-16-7-5-4-6-11(2)12(8-13,9-14)10-15;5-3(6)1-2-4(7)8/h3,11,13-15H,1,4-10H2,2H3;1-2H2,(H,5,6)(H,7,8). The Morgan fingerprint density at radius 2 is 1.50 bits per heavy atom. The fourth-order valence-corrected chi connectivity index (χ4v) is 1.86. The van der Waals surface area contributed by atoms with Crippen molar-refractivity contribution in [1.29, 1.82) is 0 Å². The third-order valence-corrected chi connectivity index (χ3v) is 3.81. The lowest BCUT2D eigenvalue weighted by atomic mass is 9.76. The summed E-state index contributed by atoms with van der Waals surface area (Å²) in [4.78, 5) is 19.3. The summed E-state index contributed by atoms with van der Waals surface area (Å²) in [5, 5.41) is 43.5. The second kappa shape index (κ2) is 14.9. The van der Waals surface area contributed by atoms with Gasteiger partial charge in [-0.05, 0) is 25.2 Å². The van der Waals surface area contributed by atoms with Crippen LogP contribution in [0.1, 0.15) is 39.0 Å². The summed E-state index contributed by atoms with van der Waals surface area (Å²) >= 11 is 0. The molecule has 0 rings (SSSR count). The second-order valence-electron chi connectivity index (χ2n) is 5.56. The van der Waals surface area contributed by atoms with Gasteiger partial charge >= 0.3 is 11.9 Å². The van der Waals surface area contributed by atoms with E-state index in [9.17, 15) is 24.9 Å². The van der Waals surface area contributed by atoms with Crippen molar-refractivity contribution in [2.75, 3.05) is 26.4 Å². The summed E-state index contributed by atoms with van der Waals surface area (Å²) < 4.78 is 5.00. The molecule has 0 saturated carbocycles. The van der Waals surface area contributed by atoms with Crippen molar-refractivity contribution >= 4 is 11.9 Å². The molecule has 5 N–H and O–H groups in total. The lowest BCUT2D eigenvalue weighted by Crippen LogP contribution is -2.40. The van der Waals surface area contributed by atoms with Gasteiger partial charge in [0.05, 0.1) is 45.5 Å². The van der Waals surface area contributed by atoms with Gasteiger partial charge < -0.3 is 30.3 Å². The molecular weight excluding hydrogens is 320 g/mol. The average Bonchev–Trinajstić information content (AvgIpc) is 2.55. The Kier molecular flexibility index (Phi) is 15.3. The van der Waals surface area contributed by atoms with Gasteiger partial charge in [0.15, 0.2) is 0 Å². The van der Waals surface area contributed by atoms with Crippen molar-refractivity contribution < 1.29 is 39.9 Å². The smallest absolute Gasteiger partial charge is 0.303 e. The van der Waals surface area contributed by atoms with Crippen molar-refractivity contribution in [3.63, 3.8) is 0 Å². The number of unbranched alkanes of at least 4 members (excludes halogenated alkanes) is 1. The predicted molar refractivity (Wildman–Crippen MR) is 87.4 cm³/mol. The van der Waals surface area contributed by atoms with Gasteiger partial charge in [-0.2, -0.15) is 0 Å². The van der Waals surface area contributed by atoms with Crippen LogP contribution < -0.4 is 0 Å². The molecule has 0 aromatic carbocycles. The first-order valence-corrected chi connectivity index (χ1v) is 7.78. The number of rotatable bonds is 13. The molecule has 0 heterocycles. The molecule has 8 heteroatoms. The highest BCUT2D eigenvalue weighted by Gasteiger charge is 2.34. The van der Waals surface area contributed by atoms with Gasteiger partial charge in [-0.3, -0.25) is 9.59 Å². The lowest BCUT2D eigenvalue weighted by molar-refractivity contribution is -0.143. The number of hydrogen-bond donors (Lipinski definition) is 5. The summed E-state index contributed by atoms with van der Waals surface area (Å²) in [6, 6.07) is 0. The summed E-state index contributed by atoms with van der Waals surface area (Å²) in [6.07, 6.45) is 3.53. The van der Waals surface area contributed by atoms with Crippen molar-refractivity contribution in [2.24, 2.45) is 11.3 Å². The zero-order valence-corrected chi connectivity index (χ0v) is 14.2. The highest BCUT2D eigenvalue weighted by molar-refractivity contribution is 5.75. The van der Waals surface area contributed by atoms with Gasteiger partial charge in [-0.1, -0.05) is 13.5 Å². The van der Waals surface area contributed by atoms with E-state index in [1.54, 1.807) is 0 Å². The molecule has 0 amide bonds. The SMILES string of the molecule is C=COCCCCC(C)C(CO)(CO)CO.O=C(O)CCC(=O)O. The summed E-state index contributed by atoms with van der Waals surface area (Å²) in [6.45, 7) is 5.46. The molecule has 0 aromatic heterocycles. The van der Waals surface area contributed by atoms with E-state index in [1.807, 2.05) is 6.92 Å². The second-order valence-corrected chi connectivity index (χ2v) is 5.56. The van der Waals surface area contributed by atoms with E-state index in [0.717, 1.165) is 19.3 Å². The minimum absolute atomic E-state index is 0.0798. The van der Waals surface area contributed by atoms with Crippen molar-refractivity contribution in [1.82, 2.24) is 0 Å². The molecule has 0 aliphatic rings. The molecule has 1 unspecified atom stereocenters. The van der Waals surface area contributed by atoms with Crippen LogP contribution in [0.3, 0.4) is 0 Å². The Morgan fingerprint density at radius 1 is 1.04 bits per heavy atom. The first-order valence-electron chi connectivity index (χ1n) is 7.78. The van der Waals surface area contributed by atoms with E-state index in [4.69, 9.17) is 14.9 Å². The van der Waals surface area contributed by atoms with E-state index in [1.165, 1.54) is 6.26 Å². The number of aliphatic hydroxyl groups excluding tert-OH is 3. The van der Waals surface area contributed by atoms with E-state index in [-0.39, 0.29) is 38.6 Å². The van der Waals surface area contributed by atoms with Gasteiger partial charge in [0, 0.05) is 5.41 Å². The number of carbonyl (C=O) groups is 2. The maximum absolute atomic E-state index is 9.64. The molecule has 0 fully saturated rings. The molecule has 0 spiro atoms. The molecular formula is C16H30O8. The first kappa shape index (κ1) is 24.6. The summed E-state index contributed by atoms with van der Waals surface area (Å²) in [5.74, 6) is -2.07. The van der Waals surface area contributed by atoms with Gasteiger partial charge in [0.2, 0.25) is 0 Å². The van der Waals surface area contributed by atoms with Crippen LogP contribution in [0.2, 0.25) is 0 Å². The van der Waals surface area contributed by atoms with Gasteiger partial charge in [0.1, 0.15) is 0 Å². The Balaban J connectivity index is 0. The Morgan fingerprint density at radius 3 is 1.83 bits per heavy atom. The largest absolute Gasteiger partial charge is 0.502 e. The van der Waals surface area contributed by atoms with Crippen molar-refractivity contribution in [2.45, 2.75) is 39.0 Å². The van der Waals surface area contributed by atoms with Crippen LogP contribution in [0.5, 0.6) is 0 Å². The topological polar surface area (TPSA) is 145 Å². The fraction of sp³-hybridized carbons (Fsp3) is 0.750. The van der Waals surface area contributed by atoms with Crippen molar-refractivity contribution in [3.05, 3.63) is 12.8 Å². The zero-order valence-electron chi connectivity index (χ0n) is 14.2. The molecule has 0 radical (unpaired) electrons. The quantitative estimate of drug-likeness (QED) is 0.243. The molecule has 0 aliphatic heterocycles. The summed E-state index contributed by atoms with van der Waals surface area (Å²) in [7, 11) is 0. The van der Waals surface area contributed by atoms with Crippen molar-refractivity contribution in [3.8, 4) is 0 Å². The molecule has 0 bridgehead atoms. The lowest BCUT2D eigenvalue weighted by Gasteiger charge is -2.34. The van der Waals surface area contributed by atoms with Crippen LogP contribution in [0.25, 0.3) is 0 Å². The van der Waals surface area contributed by atoms with Gasteiger partial charge in [0.25, 0.3) is 0 Å². The van der Waals surface area contributed by atoms with Crippen LogP contribution in [0, 0.1) is 11.3 Å². The van der Waals surface area contributed by atoms with E-state index >= 15 is 0 Å². The van der Waals surface area contributed by atoms with Gasteiger partial charge in [-0.15, -0.1) is 0 Å². The predicted octanol–water partition coefficient (Wildman–Crippen LogP) is 0.852. The highest BCUT2D eigenvalue weighted by atomic mass is 16.5. The van der Waals surface area contributed by atoms with Crippen LogP contribution in [-0.4, -0.2) is 63.9 Å². The molecule has 0 saturated heterocycles. The molecule has 0 aromatic rings. The Hall–Kier alpha value is -1.64. The molecule has 1 atom stereocenters. The number of aliphatic hydroxyl groups is 3. The minimum atomic E-state index is -1.08. The number of aliphatic carboxylic acids is 2. The van der Waals surface area contributed by atoms with Gasteiger partial charge in [-0.25, -0.2) is 0 Å². The zero-order chi connectivity index (χ0) is 19.0. The van der Waals surface area contributed by atoms with Crippen LogP contribution in [-0.2, 0) is 14.3 Å². The maximum atomic E-state index is 9.64. The number of carboxylic acids is 2. The van der Waals surface area contributed by atoms with Crippen LogP contribution in [0.15, 0.2) is 12.8 Å². The normalized spacial score (nSPS) is 11.8. The fourth-order valence-electron chi connectivity index (χ4n) is 1.86. The van der Waals surface area contributed by atoms with E-state index in [0.29, 0.717) is 6.61 Å². The highest BCUT2D eigenvalue weighted by Crippen LogP contribution is 2.30. The van der Waals surface area contributed by atoms with E-state index in [2.05, 4.69) is 6.58 Å². The maximum Gasteiger partial charge on any atom is 0.303 e. The number of carboxylic acid groups (broad SMARTS) is 2. The first-order chi connectivity index (χ1) is 11.3. The number of hydrogen-bond acceptors (Lipinski definition) is 6. The molecule has 24 heavy (non-hydrogen) atoms. The minimum Gasteiger partial charge on any atom is -0.502 e. The van der Waals surface area contributed by atoms with E-state index < -0.39 is 17.4 Å². The average molecular weight is 350 g/mol. The molecule has 8 nitrogen and oxygen atoms in total. The third-order valence-electron chi connectivity index (χ3n) is 3.81. The van der Waals surface area contributed by atoms with Crippen LogP contribution >= 0.6 is 0 Å². The monoisotopic (exact) mass is 350 g/mol. The molecule has 0 aliphatic carbocycles. The summed E-state index contributed by atoms with van der Waals surface area (Å²) in [5.41, 5.74) is -0.765.